The zero-order valence-corrected chi connectivity index (χ0v) is 21.7. The Hall–Kier alpha value is -3.57. The number of aromatic nitrogens is 1. The fraction of sp³-hybridized carbons (Fsp3) is 0.344. The lowest BCUT2D eigenvalue weighted by Gasteiger charge is -2.26. The van der Waals surface area contributed by atoms with Crippen molar-refractivity contribution in [3.63, 3.8) is 0 Å². The lowest BCUT2D eigenvalue weighted by atomic mass is 9.87. The smallest absolute Gasteiger partial charge is 0.220 e. The summed E-state index contributed by atoms with van der Waals surface area (Å²) in [5, 5.41) is 4.38. The molecular formula is C32H37N3O2. The van der Waals surface area contributed by atoms with Gasteiger partial charge in [-0.25, -0.2) is 0 Å². The van der Waals surface area contributed by atoms with Crippen LogP contribution in [0.25, 0.3) is 10.9 Å². The Morgan fingerprint density at radius 2 is 1.76 bits per heavy atom. The van der Waals surface area contributed by atoms with E-state index in [1.165, 1.54) is 30.2 Å². The van der Waals surface area contributed by atoms with Crippen molar-refractivity contribution in [2.75, 3.05) is 26.2 Å². The summed E-state index contributed by atoms with van der Waals surface area (Å²) >= 11 is 0. The monoisotopic (exact) mass is 495 g/mol. The van der Waals surface area contributed by atoms with E-state index < -0.39 is 0 Å². The molecule has 1 amide bonds. The van der Waals surface area contributed by atoms with Crippen molar-refractivity contribution >= 4 is 16.8 Å². The van der Waals surface area contributed by atoms with Crippen LogP contribution in [0.1, 0.15) is 55.2 Å². The molecule has 5 rings (SSSR count). The predicted octanol–water partition coefficient (Wildman–Crippen LogP) is 6.65. The predicted molar refractivity (Wildman–Crippen MR) is 150 cm³/mol. The van der Waals surface area contributed by atoms with Crippen LogP contribution in [0.4, 0.5) is 0 Å². The molecule has 1 unspecified atom stereocenters. The number of nitrogens with one attached hydrogen (secondary N) is 2. The number of likely N-dealkylation sites (tertiary alicyclic amines) is 1. The Morgan fingerprint density at radius 3 is 2.57 bits per heavy atom. The molecule has 2 N–H and O–H groups in total. The van der Waals surface area contributed by atoms with Gasteiger partial charge in [-0.1, -0.05) is 61.9 Å². The molecule has 1 saturated heterocycles. The normalized spacial score (nSPS) is 14.9. The number of piperidine rings is 1. The Labute approximate surface area is 219 Å². The highest BCUT2D eigenvalue weighted by molar-refractivity contribution is 5.88. The molecule has 37 heavy (non-hydrogen) atoms. The van der Waals surface area contributed by atoms with Gasteiger partial charge in [0.2, 0.25) is 5.91 Å². The van der Waals surface area contributed by atoms with Crippen molar-refractivity contribution in [3.8, 4) is 11.5 Å². The number of para-hydroxylation sites is 2. The molecule has 4 aromatic rings. The van der Waals surface area contributed by atoms with Gasteiger partial charge >= 0.3 is 0 Å². The lowest BCUT2D eigenvalue weighted by molar-refractivity contribution is -0.121. The summed E-state index contributed by atoms with van der Waals surface area (Å²) in [5.41, 5.74) is 4.66. The standard InChI is InChI=1S/C32H37N3O2/c1-2-24-11-10-16-28-30(23-34-32(24)28)29(22-31(36)33-17-20-35-18-7-4-8-19-35)25-12-9-15-27(21-25)37-26-13-5-3-6-14-26/h3,5-6,9-16,21,23,29,34H,2,4,7-8,17-20,22H2,1H3,(H,33,36). The summed E-state index contributed by atoms with van der Waals surface area (Å²) in [6, 6.07) is 24.4. The molecule has 0 aliphatic carbocycles. The molecule has 5 heteroatoms. The number of benzene rings is 3. The highest BCUT2D eigenvalue weighted by atomic mass is 16.5. The van der Waals surface area contributed by atoms with Crippen molar-refractivity contribution < 1.29 is 9.53 Å². The highest BCUT2D eigenvalue weighted by Gasteiger charge is 2.23. The van der Waals surface area contributed by atoms with Crippen molar-refractivity contribution in [1.82, 2.24) is 15.2 Å². The molecule has 192 valence electrons. The maximum atomic E-state index is 13.2. The zero-order valence-electron chi connectivity index (χ0n) is 21.7. The largest absolute Gasteiger partial charge is 0.457 e. The molecule has 3 aromatic carbocycles. The molecule has 0 bridgehead atoms. The van der Waals surface area contributed by atoms with Crippen LogP contribution in [0.3, 0.4) is 0 Å². The van der Waals surface area contributed by atoms with Gasteiger partial charge in [-0.3, -0.25) is 4.79 Å². The van der Waals surface area contributed by atoms with Crippen molar-refractivity contribution in [2.24, 2.45) is 0 Å². The van der Waals surface area contributed by atoms with Gasteiger partial charge in [-0.2, -0.15) is 0 Å². The van der Waals surface area contributed by atoms with E-state index >= 15 is 0 Å². The summed E-state index contributed by atoms with van der Waals surface area (Å²) in [7, 11) is 0. The number of fused-ring (bicyclic) bond motifs is 1. The van der Waals surface area contributed by atoms with Gasteiger partial charge in [0, 0.05) is 42.5 Å². The van der Waals surface area contributed by atoms with Crippen molar-refractivity contribution in [1.29, 1.82) is 0 Å². The van der Waals surface area contributed by atoms with Crippen molar-refractivity contribution in [2.45, 2.75) is 44.9 Å². The third kappa shape index (κ3) is 6.23. The molecule has 5 nitrogen and oxygen atoms in total. The van der Waals surface area contributed by atoms with Gasteiger partial charge < -0.3 is 19.9 Å². The Bertz CT molecular complexity index is 1310. The van der Waals surface area contributed by atoms with Crippen LogP contribution in [-0.2, 0) is 11.2 Å². The van der Waals surface area contributed by atoms with E-state index in [2.05, 4.69) is 58.7 Å². The molecule has 1 aromatic heterocycles. The Morgan fingerprint density at radius 1 is 0.973 bits per heavy atom. The minimum absolute atomic E-state index is 0.0809. The quantitative estimate of drug-likeness (QED) is 0.259. The Balaban J connectivity index is 1.39. The summed E-state index contributed by atoms with van der Waals surface area (Å²) in [5.74, 6) is 1.56. The molecule has 0 radical (unpaired) electrons. The van der Waals surface area contributed by atoms with Gasteiger partial charge in [0.25, 0.3) is 0 Å². The van der Waals surface area contributed by atoms with E-state index in [-0.39, 0.29) is 11.8 Å². The fourth-order valence-corrected chi connectivity index (χ4v) is 5.44. The number of carbonyl (C=O) groups excluding carboxylic acids is 1. The van der Waals surface area contributed by atoms with Gasteiger partial charge in [-0.15, -0.1) is 0 Å². The van der Waals surface area contributed by atoms with E-state index in [0.29, 0.717) is 13.0 Å². The zero-order chi connectivity index (χ0) is 25.5. The second-order valence-electron chi connectivity index (χ2n) is 9.93. The van der Waals surface area contributed by atoms with E-state index in [4.69, 9.17) is 4.74 Å². The van der Waals surface area contributed by atoms with Crippen LogP contribution in [0.15, 0.2) is 79.0 Å². The number of aryl methyl sites for hydroxylation is 1. The third-order valence-corrected chi connectivity index (χ3v) is 7.42. The number of hydrogen-bond acceptors (Lipinski definition) is 3. The summed E-state index contributed by atoms with van der Waals surface area (Å²) in [6.45, 7) is 6.07. The number of nitrogens with zero attached hydrogens (tertiary/aromatic N) is 1. The third-order valence-electron chi connectivity index (χ3n) is 7.42. The van der Waals surface area contributed by atoms with Crippen LogP contribution >= 0.6 is 0 Å². The topological polar surface area (TPSA) is 57.4 Å². The lowest BCUT2D eigenvalue weighted by Crippen LogP contribution is -2.38. The summed E-state index contributed by atoms with van der Waals surface area (Å²) < 4.78 is 6.13. The van der Waals surface area contributed by atoms with Crippen LogP contribution in [0, 0.1) is 0 Å². The average Bonchev–Trinajstić information content (AvgIpc) is 3.37. The number of aromatic amines is 1. The molecule has 0 saturated carbocycles. The van der Waals surface area contributed by atoms with Crippen LogP contribution in [0.2, 0.25) is 0 Å². The minimum Gasteiger partial charge on any atom is -0.457 e. The van der Waals surface area contributed by atoms with Crippen LogP contribution in [-0.4, -0.2) is 42.0 Å². The van der Waals surface area contributed by atoms with Crippen LogP contribution < -0.4 is 10.1 Å². The minimum atomic E-state index is -0.0878. The first-order chi connectivity index (χ1) is 18.2. The number of rotatable bonds is 10. The summed E-state index contributed by atoms with van der Waals surface area (Å²) in [4.78, 5) is 19.2. The van der Waals surface area contributed by atoms with Crippen molar-refractivity contribution in [3.05, 3.63) is 95.7 Å². The van der Waals surface area contributed by atoms with Gasteiger partial charge in [0.1, 0.15) is 11.5 Å². The van der Waals surface area contributed by atoms with Gasteiger partial charge in [0.05, 0.1) is 0 Å². The summed E-state index contributed by atoms with van der Waals surface area (Å²) in [6.07, 6.45) is 7.27. The number of carbonyl (C=O) groups is 1. The number of amides is 1. The molecule has 0 spiro atoms. The number of ether oxygens (including phenoxy) is 1. The molecule has 1 aliphatic rings. The second-order valence-corrected chi connectivity index (χ2v) is 9.93. The molecule has 1 fully saturated rings. The maximum Gasteiger partial charge on any atom is 0.220 e. The first kappa shape index (κ1) is 25.1. The first-order valence-corrected chi connectivity index (χ1v) is 13.6. The second kappa shape index (κ2) is 12.1. The van der Waals surface area contributed by atoms with E-state index in [0.717, 1.165) is 54.2 Å². The molecule has 1 atom stereocenters. The van der Waals surface area contributed by atoms with Gasteiger partial charge in [0.15, 0.2) is 0 Å². The first-order valence-electron chi connectivity index (χ1n) is 13.6. The van der Waals surface area contributed by atoms with Gasteiger partial charge in [-0.05, 0) is 73.3 Å². The fourth-order valence-electron chi connectivity index (χ4n) is 5.44. The highest BCUT2D eigenvalue weighted by Crippen LogP contribution is 2.36. The number of hydrogen-bond donors (Lipinski definition) is 2. The average molecular weight is 496 g/mol. The number of H-pyrrole nitrogens is 1. The molecule has 1 aliphatic heterocycles. The SMILES string of the molecule is CCc1cccc2c(C(CC(=O)NCCN3CCCCC3)c3cccc(Oc4ccccc4)c3)c[nH]c12. The maximum absolute atomic E-state index is 13.2. The van der Waals surface area contributed by atoms with Crippen LogP contribution in [0.5, 0.6) is 11.5 Å². The van der Waals surface area contributed by atoms with E-state index in [9.17, 15) is 4.79 Å². The molecular weight excluding hydrogens is 458 g/mol. The van der Waals surface area contributed by atoms with E-state index in [1.54, 1.807) is 0 Å². The molecule has 2 heterocycles. The Kier molecular flexibility index (Phi) is 8.21. The van der Waals surface area contributed by atoms with E-state index in [1.807, 2.05) is 42.5 Å².